The molecule has 1 aliphatic carbocycles. The molecule has 3 rings (SSSR count). The van der Waals surface area contributed by atoms with Crippen LogP contribution in [-0.2, 0) is 4.74 Å². The second-order valence-corrected chi connectivity index (χ2v) is 7.59. The third-order valence-corrected chi connectivity index (χ3v) is 5.70. The zero-order valence-corrected chi connectivity index (χ0v) is 15.9. The van der Waals surface area contributed by atoms with Crippen LogP contribution in [0.5, 0.6) is 0 Å². The van der Waals surface area contributed by atoms with E-state index in [1.54, 1.807) is 0 Å². The summed E-state index contributed by atoms with van der Waals surface area (Å²) in [6.45, 7) is 6.70. The van der Waals surface area contributed by atoms with Gasteiger partial charge in [0, 0.05) is 26.2 Å². The molecule has 0 bridgehead atoms. The Kier molecular flexibility index (Phi) is 7.77. The lowest BCUT2D eigenvalue weighted by atomic mass is 9.79. The molecule has 144 valence electrons. The third kappa shape index (κ3) is 6.29. The second-order valence-electron chi connectivity index (χ2n) is 7.59. The molecule has 1 aromatic carbocycles. The van der Waals surface area contributed by atoms with Crippen LogP contribution in [0.25, 0.3) is 0 Å². The first-order valence-corrected chi connectivity index (χ1v) is 10.2. The zero-order valence-electron chi connectivity index (χ0n) is 15.9. The summed E-state index contributed by atoms with van der Waals surface area (Å²) in [6.07, 6.45) is 6.16. The minimum Gasteiger partial charge on any atom is -0.379 e. The molecular formula is C21H34N4O. The lowest BCUT2D eigenvalue weighted by Crippen LogP contribution is -2.39. The quantitative estimate of drug-likeness (QED) is 0.447. The summed E-state index contributed by atoms with van der Waals surface area (Å²) in [5.74, 6) is 2.02. The number of aliphatic imine (C=N–C) groups is 1. The number of hydrogen-bond donors (Lipinski definition) is 2. The van der Waals surface area contributed by atoms with Crippen LogP contribution >= 0.6 is 0 Å². The molecule has 0 atom stereocenters. The van der Waals surface area contributed by atoms with Crippen LogP contribution in [0.1, 0.15) is 43.6 Å². The van der Waals surface area contributed by atoms with Crippen molar-refractivity contribution in [1.29, 1.82) is 0 Å². The van der Waals surface area contributed by atoms with E-state index in [9.17, 15) is 0 Å². The maximum Gasteiger partial charge on any atom is 0.188 e. The molecule has 1 aliphatic heterocycles. The molecule has 0 unspecified atom stereocenters. The van der Waals surface area contributed by atoms with E-state index in [2.05, 4.69) is 45.5 Å². The molecule has 0 amide bonds. The van der Waals surface area contributed by atoms with E-state index < -0.39 is 0 Å². The summed E-state index contributed by atoms with van der Waals surface area (Å²) in [6, 6.07) is 10.9. The molecule has 1 aromatic rings. The molecule has 0 aromatic heterocycles. The number of hydrogen-bond acceptors (Lipinski definition) is 3. The number of benzene rings is 1. The number of nitrogens with one attached hydrogen (secondary N) is 1. The highest BCUT2D eigenvalue weighted by Crippen LogP contribution is 2.35. The Labute approximate surface area is 158 Å². The fourth-order valence-electron chi connectivity index (χ4n) is 4.03. The fraction of sp³-hybridized carbons (Fsp3) is 0.667. The molecule has 3 N–H and O–H groups in total. The van der Waals surface area contributed by atoms with Crippen LogP contribution < -0.4 is 11.1 Å². The van der Waals surface area contributed by atoms with Crippen molar-refractivity contribution < 1.29 is 4.74 Å². The Morgan fingerprint density at radius 3 is 2.58 bits per heavy atom. The van der Waals surface area contributed by atoms with Crippen molar-refractivity contribution in [3.63, 3.8) is 0 Å². The number of rotatable bonds is 7. The van der Waals surface area contributed by atoms with Crippen molar-refractivity contribution >= 4 is 5.96 Å². The van der Waals surface area contributed by atoms with Gasteiger partial charge in [-0.25, -0.2) is 0 Å². The Balaban J connectivity index is 1.28. The molecule has 1 heterocycles. The predicted molar refractivity (Wildman–Crippen MR) is 108 cm³/mol. The van der Waals surface area contributed by atoms with Crippen LogP contribution in [0, 0.1) is 5.92 Å². The Morgan fingerprint density at radius 1 is 1.12 bits per heavy atom. The van der Waals surface area contributed by atoms with Crippen molar-refractivity contribution in [2.75, 3.05) is 45.9 Å². The number of nitrogens with zero attached hydrogens (tertiary/aromatic N) is 2. The number of ether oxygens (including phenoxy) is 1. The molecule has 0 radical (unpaired) electrons. The van der Waals surface area contributed by atoms with Gasteiger partial charge < -0.3 is 15.8 Å². The maximum absolute atomic E-state index is 6.03. The van der Waals surface area contributed by atoms with Crippen molar-refractivity contribution in [2.24, 2.45) is 16.6 Å². The Bertz CT molecular complexity index is 534. The van der Waals surface area contributed by atoms with E-state index in [4.69, 9.17) is 10.5 Å². The second kappa shape index (κ2) is 10.5. The minimum atomic E-state index is 0.608. The first-order valence-electron chi connectivity index (χ1n) is 10.2. The molecule has 1 saturated carbocycles. The molecule has 0 spiro atoms. The molecule has 1 saturated heterocycles. The molecule has 5 heteroatoms. The minimum absolute atomic E-state index is 0.608. The van der Waals surface area contributed by atoms with Gasteiger partial charge in [0.1, 0.15) is 0 Å². The smallest absolute Gasteiger partial charge is 0.188 e. The molecule has 5 nitrogen and oxygen atoms in total. The summed E-state index contributed by atoms with van der Waals surface area (Å²) in [5, 5.41) is 3.27. The van der Waals surface area contributed by atoms with Gasteiger partial charge in [-0.3, -0.25) is 9.89 Å². The van der Waals surface area contributed by atoms with Crippen LogP contribution in [0.3, 0.4) is 0 Å². The van der Waals surface area contributed by atoms with Crippen LogP contribution in [0.2, 0.25) is 0 Å². The number of nitrogens with two attached hydrogens (primary N) is 1. The average Bonchev–Trinajstić information content (AvgIpc) is 2.71. The standard InChI is InChI=1S/C21H34N4O/c22-21(23-11-4-12-25-13-15-26-16-14-25)24-17-18-7-9-20(10-8-18)19-5-2-1-3-6-19/h1-3,5-6,18,20H,4,7-17H2,(H3,22,23,24). The first-order chi connectivity index (χ1) is 12.8. The van der Waals surface area contributed by atoms with E-state index in [-0.39, 0.29) is 0 Å². The highest BCUT2D eigenvalue weighted by atomic mass is 16.5. The fourth-order valence-corrected chi connectivity index (χ4v) is 4.03. The van der Waals surface area contributed by atoms with Crippen molar-refractivity contribution in [1.82, 2.24) is 10.2 Å². The van der Waals surface area contributed by atoms with Crippen LogP contribution in [0.15, 0.2) is 35.3 Å². The predicted octanol–water partition coefficient (Wildman–Crippen LogP) is 2.59. The van der Waals surface area contributed by atoms with Gasteiger partial charge in [0.25, 0.3) is 0 Å². The summed E-state index contributed by atoms with van der Waals surface area (Å²) < 4.78 is 5.37. The Morgan fingerprint density at radius 2 is 1.85 bits per heavy atom. The first kappa shape index (κ1) is 19.2. The maximum atomic E-state index is 6.03. The van der Waals surface area contributed by atoms with Gasteiger partial charge in [0.2, 0.25) is 0 Å². The van der Waals surface area contributed by atoms with Crippen molar-refractivity contribution in [3.8, 4) is 0 Å². The van der Waals surface area contributed by atoms with E-state index >= 15 is 0 Å². The monoisotopic (exact) mass is 358 g/mol. The molecule has 26 heavy (non-hydrogen) atoms. The van der Waals surface area contributed by atoms with Crippen molar-refractivity contribution in [2.45, 2.75) is 38.0 Å². The van der Waals surface area contributed by atoms with Gasteiger partial charge in [-0.05, 0) is 56.0 Å². The van der Waals surface area contributed by atoms with E-state index in [1.165, 1.54) is 31.2 Å². The lowest BCUT2D eigenvalue weighted by Gasteiger charge is -2.28. The molecular weight excluding hydrogens is 324 g/mol. The van der Waals surface area contributed by atoms with E-state index in [0.29, 0.717) is 11.9 Å². The normalized spacial score (nSPS) is 25.2. The summed E-state index contributed by atoms with van der Waals surface area (Å²) in [4.78, 5) is 7.03. The Hall–Kier alpha value is -1.59. The number of guanidine groups is 1. The highest BCUT2D eigenvalue weighted by Gasteiger charge is 2.22. The number of morpholine rings is 1. The van der Waals surface area contributed by atoms with Gasteiger partial charge in [-0.15, -0.1) is 0 Å². The zero-order chi connectivity index (χ0) is 18.0. The SMILES string of the molecule is NC(=NCC1CCC(c2ccccc2)CC1)NCCCN1CCOCC1. The molecule has 2 fully saturated rings. The summed E-state index contributed by atoms with van der Waals surface area (Å²) >= 11 is 0. The largest absolute Gasteiger partial charge is 0.379 e. The van der Waals surface area contributed by atoms with Gasteiger partial charge in [-0.1, -0.05) is 30.3 Å². The van der Waals surface area contributed by atoms with Gasteiger partial charge in [0.15, 0.2) is 5.96 Å². The van der Waals surface area contributed by atoms with Crippen LogP contribution in [-0.4, -0.2) is 56.8 Å². The van der Waals surface area contributed by atoms with Gasteiger partial charge in [-0.2, -0.15) is 0 Å². The van der Waals surface area contributed by atoms with E-state index in [1.807, 2.05) is 0 Å². The van der Waals surface area contributed by atoms with Gasteiger partial charge in [0.05, 0.1) is 13.2 Å². The third-order valence-electron chi connectivity index (χ3n) is 5.70. The van der Waals surface area contributed by atoms with Crippen LogP contribution in [0.4, 0.5) is 0 Å². The van der Waals surface area contributed by atoms with Crippen molar-refractivity contribution in [3.05, 3.63) is 35.9 Å². The van der Waals surface area contributed by atoms with Gasteiger partial charge >= 0.3 is 0 Å². The highest BCUT2D eigenvalue weighted by molar-refractivity contribution is 5.77. The molecule has 2 aliphatic rings. The summed E-state index contributed by atoms with van der Waals surface area (Å²) in [5.41, 5.74) is 7.53. The summed E-state index contributed by atoms with van der Waals surface area (Å²) in [7, 11) is 0. The lowest BCUT2D eigenvalue weighted by molar-refractivity contribution is 0.0376. The topological polar surface area (TPSA) is 62.9 Å². The average molecular weight is 359 g/mol. The van der Waals surface area contributed by atoms with E-state index in [0.717, 1.165) is 58.3 Å².